The third-order valence-electron chi connectivity index (χ3n) is 3.87. The molecule has 1 aromatic heterocycles. The first-order chi connectivity index (χ1) is 11.4. The highest BCUT2D eigenvalue weighted by Gasteiger charge is 2.11. The third-order valence-corrected chi connectivity index (χ3v) is 4.08. The molecule has 0 radical (unpaired) electrons. The summed E-state index contributed by atoms with van der Waals surface area (Å²) in [5.41, 5.74) is 1.10. The first-order valence-corrected chi connectivity index (χ1v) is 8.88. The lowest BCUT2D eigenvalue weighted by molar-refractivity contribution is -0.130. The summed E-state index contributed by atoms with van der Waals surface area (Å²) >= 11 is 6.04. The quantitative estimate of drug-likeness (QED) is 0.351. The van der Waals surface area contributed by atoms with Crippen molar-refractivity contribution < 1.29 is 4.79 Å². The standard InChI is InChI=1S/C17H30ClN5O.HI/c1-6-19-17(20-10-9-16(24)23(7-2)8-3)22(5)13-15-11-14(18)12-21(15)4;/h11-12H,6-10,13H2,1-5H3,(H,19,20);1H. The molecule has 0 aliphatic heterocycles. The molecular weight excluding hydrogens is 453 g/mol. The number of nitrogens with zero attached hydrogens (tertiary/aromatic N) is 4. The molecule has 0 unspecified atom stereocenters. The van der Waals surface area contributed by atoms with Crippen molar-refractivity contribution in [3.8, 4) is 0 Å². The number of rotatable bonds is 8. The number of guanidine groups is 1. The molecule has 0 bridgehead atoms. The molecule has 0 fully saturated rings. The Hall–Kier alpha value is -0.960. The van der Waals surface area contributed by atoms with Crippen LogP contribution in [0.3, 0.4) is 0 Å². The third kappa shape index (κ3) is 7.85. The lowest BCUT2D eigenvalue weighted by Crippen LogP contribution is -2.39. The summed E-state index contributed by atoms with van der Waals surface area (Å²) in [5.74, 6) is 0.943. The van der Waals surface area contributed by atoms with E-state index < -0.39 is 0 Å². The van der Waals surface area contributed by atoms with Crippen molar-refractivity contribution >= 4 is 47.4 Å². The zero-order valence-corrected chi connectivity index (χ0v) is 19.0. The number of carbonyl (C=O) groups is 1. The lowest BCUT2D eigenvalue weighted by atomic mass is 10.3. The Morgan fingerprint density at radius 3 is 2.44 bits per heavy atom. The monoisotopic (exact) mass is 483 g/mol. The molecule has 25 heavy (non-hydrogen) atoms. The summed E-state index contributed by atoms with van der Waals surface area (Å²) < 4.78 is 2.01. The van der Waals surface area contributed by atoms with Gasteiger partial charge in [-0.15, -0.1) is 24.0 Å². The summed E-state index contributed by atoms with van der Waals surface area (Å²) in [6, 6.07) is 1.95. The average Bonchev–Trinajstić information content (AvgIpc) is 2.85. The van der Waals surface area contributed by atoms with Gasteiger partial charge in [0.15, 0.2) is 5.96 Å². The number of hydrogen-bond acceptors (Lipinski definition) is 2. The molecule has 6 nitrogen and oxygen atoms in total. The van der Waals surface area contributed by atoms with E-state index in [-0.39, 0.29) is 29.9 Å². The molecule has 1 heterocycles. The number of carbonyl (C=O) groups excluding carboxylic acids is 1. The van der Waals surface area contributed by atoms with Gasteiger partial charge in [0, 0.05) is 52.0 Å². The fraction of sp³-hybridized carbons (Fsp3) is 0.647. The summed E-state index contributed by atoms with van der Waals surface area (Å²) in [6.45, 7) is 9.46. The van der Waals surface area contributed by atoms with Crippen molar-refractivity contribution in [3.63, 3.8) is 0 Å². The summed E-state index contributed by atoms with van der Waals surface area (Å²) in [4.78, 5) is 20.5. The highest BCUT2D eigenvalue weighted by Crippen LogP contribution is 2.14. The normalized spacial score (nSPS) is 11.0. The Labute approximate surface area is 173 Å². The van der Waals surface area contributed by atoms with Gasteiger partial charge in [0.05, 0.1) is 18.1 Å². The number of hydrogen-bond donors (Lipinski definition) is 1. The van der Waals surface area contributed by atoms with Crippen LogP contribution in [0.2, 0.25) is 5.02 Å². The highest BCUT2D eigenvalue weighted by molar-refractivity contribution is 14.0. The smallest absolute Gasteiger partial charge is 0.224 e. The van der Waals surface area contributed by atoms with Crippen molar-refractivity contribution in [2.24, 2.45) is 12.0 Å². The Balaban J connectivity index is 0.00000576. The van der Waals surface area contributed by atoms with Crippen molar-refractivity contribution in [1.82, 2.24) is 19.7 Å². The largest absolute Gasteiger partial charge is 0.357 e. The number of halogens is 2. The van der Waals surface area contributed by atoms with Crippen LogP contribution in [0.4, 0.5) is 0 Å². The van der Waals surface area contributed by atoms with Crippen molar-refractivity contribution in [3.05, 3.63) is 23.0 Å². The van der Waals surface area contributed by atoms with E-state index in [9.17, 15) is 4.79 Å². The zero-order valence-electron chi connectivity index (χ0n) is 15.9. The molecule has 1 rings (SSSR count). The van der Waals surface area contributed by atoms with Crippen LogP contribution in [0.1, 0.15) is 32.9 Å². The van der Waals surface area contributed by atoms with Crippen LogP contribution in [-0.2, 0) is 18.4 Å². The summed E-state index contributed by atoms with van der Waals surface area (Å²) in [6.07, 6.45) is 2.32. The van der Waals surface area contributed by atoms with E-state index in [0.717, 1.165) is 36.3 Å². The van der Waals surface area contributed by atoms with E-state index in [2.05, 4.69) is 10.3 Å². The molecule has 144 valence electrons. The maximum Gasteiger partial charge on any atom is 0.224 e. The van der Waals surface area contributed by atoms with Gasteiger partial charge in [-0.25, -0.2) is 0 Å². The van der Waals surface area contributed by atoms with Gasteiger partial charge in [-0.2, -0.15) is 0 Å². The Morgan fingerprint density at radius 1 is 1.32 bits per heavy atom. The van der Waals surface area contributed by atoms with Crippen LogP contribution in [0.5, 0.6) is 0 Å². The van der Waals surface area contributed by atoms with Crippen LogP contribution in [0.25, 0.3) is 0 Å². The molecule has 1 aromatic rings. The van der Waals surface area contributed by atoms with Crippen LogP contribution < -0.4 is 5.32 Å². The van der Waals surface area contributed by atoms with Gasteiger partial charge in [-0.05, 0) is 26.8 Å². The second-order valence-electron chi connectivity index (χ2n) is 5.67. The fourth-order valence-electron chi connectivity index (χ4n) is 2.50. The molecule has 1 N–H and O–H groups in total. The molecule has 0 aromatic carbocycles. The van der Waals surface area contributed by atoms with E-state index in [0.29, 0.717) is 19.5 Å². The van der Waals surface area contributed by atoms with Gasteiger partial charge in [0.1, 0.15) is 0 Å². The molecule has 0 saturated carbocycles. The molecule has 0 saturated heterocycles. The Bertz CT molecular complexity index is 557. The van der Waals surface area contributed by atoms with Crippen molar-refractivity contribution in [2.45, 2.75) is 33.7 Å². The molecule has 0 aliphatic carbocycles. The van der Waals surface area contributed by atoms with Gasteiger partial charge in [0.2, 0.25) is 5.91 Å². The first-order valence-electron chi connectivity index (χ1n) is 8.50. The fourth-order valence-corrected chi connectivity index (χ4v) is 2.78. The minimum Gasteiger partial charge on any atom is -0.357 e. The number of aromatic nitrogens is 1. The SMILES string of the molecule is CCNC(=NCCC(=O)N(CC)CC)N(C)Cc1cc(Cl)cn1C.I. The average molecular weight is 484 g/mol. The van der Waals surface area contributed by atoms with Crippen molar-refractivity contribution in [2.75, 3.05) is 33.2 Å². The molecule has 8 heteroatoms. The van der Waals surface area contributed by atoms with Gasteiger partial charge < -0.3 is 19.7 Å². The predicted molar refractivity (Wildman–Crippen MR) is 116 cm³/mol. The maximum absolute atomic E-state index is 12.1. The maximum atomic E-state index is 12.1. The van der Waals surface area contributed by atoms with Crippen LogP contribution in [0.15, 0.2) is 17.3 Å². The second-order valence-corrected chi connectivity index (χ2v) is 6.10. The molecule has 0 spiro atoms. The lowest BCUT2D eigenvalue weighted by Gasteiger charge is -2.22. The minimum absolute atomic E-state index is 0. The van der Waals surface area contributed by atoms with E-state index in [4.69, 9.17) is 11.6 Å². The Morgan fingerprint density at radius 2 is 1.96 bits per heavy atom. The van der Waals surface area contributed by atoms with E-state index in [1.54, 1.807) is 0 Å². The zero-order chi connectivity index (χ0) is 18.1. The topological polar surface area (TPSA) is 52.9 Å². The van der Waals surface area contributed by atoms with Crippen LogP contribution in [-0.4, -0.2) is 59.5 Å². The van der Waals surface area contributed by atoms with Crippen LogP contribution in [0, 0.1) is 0 Å². The molecular formula is C17H31ClIN5O. The van der Waals surface area contributed by atoms with Crippen LogP contribution >= 0.6 is 35.6 Å². The molecule has 1 amide bonds. The summed E-state index contributed by atoms with van der Waals surface area (Å²) in [7, 11) is 3.95. The van der Waals surface area contributed by atoms with Gasteiger partial charge in [-0.1, -0.05) is 11.6 Å². The van der Waals surface area contributed by atoms with E-state index in [1.165, 1.54) is 0 Å². The second kappa shape index (κ2) is 12.4. The summed E-state index contributed by atoms with van der Waals surface area (Å²) in [5, 5.41) is 4.00. The molecule has 0 aliphatic rings. The predicted octanol–water partition coefficient (Wildman–Crippen LogP) is 2.95. The first kappa shape index (κ1) is 24.0. The molecule has 0 atom stereocenters. The minimum atomic E-state index is 0. The number of aryl methyl sites for hydroxylation is 1. The number of amides is 1. The highest BCUT2D eigenvalue weighted by atomic mass is 127. The van der Waals surface area contributed by atoms with Crippen molar-refractivity contribution in [1.29, 1.82) is 0 Å². The Kier molecular flexibility index (Phi) is 11.9. The van der Waals surface area contributed by atoms with E-state index in [1.807, 2.05) is 61.5 Å². The van der Waals surface area contributed by atoms with E-state index >= 15 is 0 Å². The number of nitrogens with one attached hydrogen (secondary N) is 1. The number of aliphatic imine (C=N–C) groups is 1. The van der Waals surface area contributed by atoms with Gasteiger partial charge in [0.25, 0.3) is 0 Å². The van der Waals surface area contributed by atoms with Gasteiger partial charge in [-0.3, -0.25) is 9.79 Å². The van der Waals surface area contributed by atoms with Gasteiger partial charge >= 0.3 is 0 Å².